The van der Waals surface area contributed by atoms with Crippen LogP contribution in [-0.4, -0.2) is 59.1 Å². The maximum Gasteiger partial charge on any atom is 0.219 e. The van der Waals surface area contributed by atoms with Crippen molar-refractivity contribution in [2.75, 3.05) is 32.7 Å². The first kappa shape index (κ1) is 25.9. The van der Waals surface area contributed by atoms with Crippen LogP contribution in [0.15, 0.2) is 77.7 Å². The van der Waals surface area contributed by atoms with Gasteiger partial charge in [-0.25, -0.2) is 4.31 Å². The van der Waals surface area contributed by atoms with Gasteiger partial charge < -0.3 is 10.6 Å². The lowest BCUT2D eigenvalue weighted by atomic mass is 9.99. The lowest BCUT2D eigenvalue weighted by Gasteiger charge is -2.33. The average molecular weight is 503 g/mol. The summed E-state index contributed by atoms with van der Waals surface area (Å²) in [7, 11) is 0. The zero-order chi connectivity index (χ0) is 25.3. The molecule has 3 aromatic carbocycles. The number of benzene rings is 3. The summed E-state index contributed by atoms with van der Waals surface area (Å²) in [5.74, 6) is 0.177. The second-order valence-corrected chi connectivity index (χ2v) is 10.3. The third-order valence-corrected chi connectivity index (χ3v) is 7.78. The number of hydrogen-bond donors (Lipinski definition) is 1. The minimum atomic E-state index is 0.177. The van der Waals surface area contributed by atoms with Crippen molar-refractivity contribution in [3.63, 3.8) is 0 Å². The molecule has 36 heavy (non-hydrogen) atoms. The predicted molar refractivity (Wildman–Crippen MR) is 146 cm³/mol. The Kier molecular flexibility index (Phi) is 9.17. The summed E-state index contributed by atoms with van der Waals surface area (Å²) in [6.45, 7) is 8.28. The first-order valence-corrected chi connectivity index (χ1v) is 13.2. The summed E-state index contributed by atoms with van der Waals surface area (Å²) < 4.78 is 2.35. The molecular weight excluding hydrogens is 468 g/mol. The number of carbonyl (C=O) groups is 2. The Morgan fingerprint density at radius 3 is 2.06 bits per heavy atom. The predicted octanol–water partition coefficient (Wildman–Crippen LogP) is 4.18. The molecule has 7 heteroatoms. The van der Waals surface area contributed by atoms with Crippen molar-refractivity contribution in [1.29, 1.82) is 0 Å². The number of nitrogens with zero attached hydrogens (tertiary/aromatic N) is 3. The number of hydrogen-bond acceptors (Lipinski definition) is 5. The Bertz CT molecular complexity index is 1140. The Labute approximate surface area is 218 Å². The van der Waals surface area contributed by atoms with E-state index in [9.17, 15) is 4.79 Å². The van der Waals surface area contributed by atoms with E-state index in [0.29, 0.717) is 0 Å². The molecule has 2 aliphatic heterocycles. The molecule has 6 nitrogen and oxygen atoms in total. The van der Waals surface area contributed by atoms with Gasteiger partial charge in [0, 0.05) is 57.6 Å². The number of nitrogens with two attached hydrogens (primary N) is 1. The third kappa shape index (κ3) is 6.97. The van der Waals surface area contributed by atoms with Crippen molar-refractivity contribution in [2.45, 2.75) is 31.3 Å². The van der Waals surface area contributed by atoms with Gasteiger partial charge in [-0.15, -0.1) is 0 Å². The van der Waals surface area contributed by atoms with Gasteiger partial charge in [-0.05, 0) is 58.3 Å². The zero-order valence-corrected chi connectivity index (χ0v) is 21.6. The van der Waals surface area contributed by atoms with Crippen molar-refractivity contribution >= 4 is 24.3 Å². The van der Waals surface area contributed by atoms with Crippen LogP contribution in [0.1, 0.15) is 23.6 Å². The van der Waals surface area contributed by atoms with Gasteiger partial charge >= 0.3 is 0 Å². The maximum absolute atomic E-state index is 11.5. The molecular formula is C29H34N4O2S. The van der Waals surface area contributed by atoms with Gasteiger partial charge in [0.25, 0.3) is 0 Å². The Morgan fingerprint density at radius 2 is 1.44 bits per heavy atom. The SMILES string of the molecule is CC(=O)N1CCN(Sc2ccc(-c3ccc(CN4CCc5ccccc5C4)cc3)cc2)CC1.NC=O. The first-order chi connectivity index (χ1) is 17.6. The molecule has 2 heterocycles. The molecule has 0 radical (unpaired) electrons. The van der Waals surface area contributed by atoms with Crippen LogP contribution in [0.4, 0.5) is 0 Å². The molecule has 0 unspecified atom stereocenters. The quantitative estimate of drug-likeness (QED) is 0.419. The molecule has 0 bridgehead atoms. The van der Waals surface area contributed by atoms with E-state index in [1.165, 1.54) is 32.7 Å². The normalized spacial score (nSPS) is 16.0. The third-order valence-electron chi connectivity index (χ3n) is 6.68. The molecule has 2 N–H and O–H groups in total. The average Bonchev–Trinajstić information content (AvgIpc) is 2.90. The molecule has 188 valence electrons. The Morgan fingerprint density at radius 1 is 0.861 bits per heavy atom. The van der Waals surface area contributed by atoms with Gasteiger partial charge in [0.1, 0.15) is 0 Å². The van der Waals surface area contributed by atoms with Crippen molar-refractivity contribution in [3.05, 3.63) is 89.5 Å². The standard InChI is InChI=1S/C28H31N3OS.CH3NO/c1-22(32)30-16-18-31(19-17-30)33-28-12-10-26(11-13-28)25-8-6-23(7-9-25)20-29-15-14-24-4-2-3-5-27(24)21-29;2-1-3/h2-13H,14-21H2,1H3;1H,(H2,2,3). The fraction of sp³-hybridized carbons (Fsp3) is 0.310. The molecule has 0 saturated carbocycles. The second kappa shape index (κ2) is 12.7. The molecule has 0 spiro atoms. The molecule has 1 saturated heterocycles. The van der Waals surface area contributed by atoms with Gasteiger partial charge in [0.2, 0.25) is 12.3 Å². The summed E-state index contributed by atoms with van der Waals surface area (Å²) >= 11 is 1.79. The van der Waals surface area contributed by atoms with E-state index in [1.807, 2.05) is 4.90 Å². The topological polar surface area (TPSA) is 69.9 Å². The fourth-order valence-corrected chi connectivity index (χ4v) is 5.60. The molecule has 0 aromatic heterocycles. The Balaban J connectivity index is 0.000000967. The number of piperazine rings is 1. The number of amides is 2. The van der Waals surface area contributed by atoms with E-state index in [1.54, 1.807) is 18.9 Å². The smallest absolute Gasteiger partial charge is 0.219 e. The highest BCUT2D eigenvalue weighted by Crippen LogP contribution is 2.28. The summed E-state index contributed by atoms with van der Waals surface area (Å²) in [6.07, 6.45) is 1.39. The van der Waals surface area contributed by atoms with Crippen LogP contribution in [0.2, 0.25) is 0 Å². The highest BCUT2D eigenvalue weighted by Gasteiger charge is 2.19. The highest BCUT2D eigenvalue weighted by atomic mass is 32.2. The minimum absolute atomic E-state index is 0.177. The van der Waals surface area contributed by atoms with Crippen molar-refractivity contribution < 1.29 is 9.59 Å². The van der Waals surface area contributed by atoms with Gasteiger partial charge in [-0.2, -0.15) is 0 Å². The maximum atomic E-state index is 11.5. The van der Waals surface area contributed by atoms with E-state index in [0.717, 1.165) is 52.2 Å². The minimum Gasteiger partial charge on any atom is -0.372 e. The number of rotatable bonds is 5. The fourth-order valence-electron chi connectivity index (χ4n) is 4.70. The lowest BCUT2D eigenvalue weighted by molar-refractivity contribution is -0.129. The van der Waals surface area contributed by atoms with Crippen LogP contribution < -0.4 is 5.73 Å². The molecule has 2 amide bonds. The van der Waals surface area contributed by atoms with Crippen molar-refractivity contribution in [2.24, 2.45) is 5.73 Å². The van der Waals surface area contributed by atoms with E-state index < -0.39 is 0 Å². The molecule has 1 fully saturated rings. The van der Waals surface area contributed by atoms with Crippen LogP contribution in [0.5, 0.6) is 0 Å². The largest absolute Gasteiger partial charge is 0.372 e. The number of fused-ring (bicyclic) bond motifs is 1. The van der Waals surface area contributed by atoms with E-state index in [-0.39, 0.29) is 12.3 Å². The molecule has 0 aliphatic carbocycles. The van der Waals surface area contributed by atoms with E-state index in [2.05, 4.69) is 87.7 Å². The molecule has 3 aromatic rings. The highest BCUT2D eigenvalue weighted by molar-refractivity contribution is 7.97. The van der Waals surface area contributed by atoms with Crippen LogP contribution >= 0.6 is 11.9 Å². The monoisotopic (exact) mass is 502 g/mol. The molecule has 0 atom stereocenters. The zero-order valence-electron chi connectivity index (χ0n) is 20.8. The molecule has 2 aliphatic rings. The van der Waals surface area contributed by atoms with Crippen LogP contribution in [0.25, 0.3) is 11.1 Å². The van der Waals surface area contributed by atoms with Gasteiger partial charge in [-0.3, -0.25) is 14.5 Å². The second-order valence-electron chi connectivity index (χ2n) is 9.11. The van der Waals surface area contributed by atoms with Crippen LogP contribution in [0.3, 0.4) is 0 Å². The van der Waals surface area contributed by atoms with Gasteiger partial charge in [0.15, 0.2) is 0 Å². The Hall–Kier alpha value is -3.13. The van der Waals surface area contributed by atoms with E-state index >= 15 is 0 Å². The first-order valence-electron chi connectivity index (χ1n) is 12.4. The van der Waals surface area contributed by atoms with Crippen molar-refractivity contribution in [3.8, 4) is 11.1 Å². The summed E-state index contributed by atoms with van der Waals surface area (Å²) in [6, 6.07) is 26.7. The number of primary amides is 1. The van der Waals surface area contributed by atoms with Gasteiger partial charge in [-0.1, -0.05) is 60.7 Å². The molecule has 5 rings (SSSR count). The van der Waals surface area contributed by atoms with Crippen LogP contribution in [-0.2, 0) is 29.1 Å². The van der Waals surface area contributed by atoms with E-state index in [4.69, 9.17) is 4.79 Å². The van der Waals surface area contributed by atoms with Crippen molar-refractivity contribution in [1.82, 2.24) is 14.1 Å². The van der Waals surface area contributed by atoms with Gasteiger partial charge in [0.05, 0.1) is 0 Å². The summed E-state index contributed by atoms with van der Waals surface area (Å²) in [4.78, 5) is 25.8. The summed E-state index contributed by atoms with van der Waals surface area (Å²) in [5.41, 5.74) is 11.0. The summed E-state index contributed by atoms with van der Waals surface area (Å²) in [5, 5.41) is 0. The lowest BCUT2D eigenvalue weighted by Crippen LogP contribution is -2.45. The van der Waals surface area contributed by atoms with Crippen LogP contribution in [0, 0.1) is 0 Å². The number of carbonyl (C=O) groups excluding carboxylic acids is 2.